The van der Waals surface area contributed by atoms with Crippen LogP contribution in [0.5, 0.6) is 0 Å². The Kier molecular flexibility index (Phi) is 4.22. The van der Waals surface area contributed by atoms with Crippen LogP contribution >= 0.6 is 0 Å². The molecule has 1 saturated heterocycles. The molecule has 0 aliphatic carbocycles. The Bertz CT molecular complexity index is 162. The summed E-state index contributed by atoms with van der Waals surface area (Å²) in [4.78, 5) is 11.4. The second-order valence-electron chi connectivity index (χ2n) is 4.03. The lowest BCUT2D eigenvalue weighted by Gasteiger charge is -2.10. The minimum absolute atomic E-state index is 0.104. The van der Waals surface area contributed by atoms with E-state index in [1.54, 1.807) is 0 Å². The Balaban J connectivity index is 2.10. The minimum atomic E-state index is 0.104. The summed E-state index contributed by atoms with van der Waals surface area (Å²) in [5, 5.41) is 2.94. The van der Waals surface area contributed by atoms with E-state index in [-0.39, 0.29) is 11.8 Å². The third-order valence-electron chi connectivity index (χ3n) is 2.32. The van der Waals surface area contributed by atoms with Crippen LogP contribution in [0, 0.1) is 11.8 Å². The summed E-state index contributed by atoms with van der Waals surface area (Å²) in [6.07, 6.45) is 1.94. The number of carbonyl (C=O) groups is 1. The molecule has 3 heteroatoms. The molecule has 1 fully saturated rings. The molecule has 1 aliphatic heterocycles. The van der Waals surface area contributed by atoms with E-state index in [0.29, 0.717) is 12.5 Å². The highest BCUT2D eigenvalue weighted by molar-refractivity contribution is 5.78. The van der Waals surface area contributed by atoms with Gasteiger partial charge in [-0.25, -0.2) is 0 Å². The summed E-state index contributed by atoms with van der Waals surface area (Å²) < 4.78 is 5.14. The summed E-state index contributed by atoms with van der Waals surface area (Å²) >= 11 is 0. The monoisotopic (exact) mass is 185 g/mol. The van der Waals surface area contributed by atoms with Crippen molar-refractivity contribution in [1.82, 2.24) is 5.32 Å². The summed E-state index contributed by atoms with van der Waals surface area (Å²) in [7, 11) is 0. The number of hydrogen-bond acceptors (Lipinski definition) is 2. The van der Waals surface area contributed by atoms with Crippen molar-refractivity contribution >= 4 is 5.91 Å². The number of carbonyl (C=O) groups excluding carboxylic acids is 1. The van der Waals surface area contributed by atoms with Crippen molar-refractivity contribution in [2.75, 3.05) is 19.8 Å². The standard InChI is InChI=1S/C10H19NO2/c1-8(2)3-5-11-10(12)9-4-6-13-7-9/h8-9H,3-7H2,1-2H3,(H,11,12). The fraction of sp³-hybridized carbons (Fsp3) is 0.900. The van der Waals surface area contributed by atoms with Crippen LogP contribution in [0.15, 0.2) is 0 Å². The van der Waals surface area contributed by atoms with E-state index in [9.17, 15) is 4.79 Å². The van der Waals surface area contributed by atoms with Gasteiger partial charge in [0.2, 0.25) is 5.91 Å². The predicted octanol–water partition coefficient (Wildman–Crippen LogP) is 1.19. The van der Waals surface area contributed by atoms with Crippen LogP contribution in [-0.4, -0.2) is 25.7 Å². The molecule has 0 aromatic rings. The number of amides is 1. The van der Waals surface area contributed by atoms with Gasteiger partial charge in [-0.15, -0.1) is 0 Å². The first-order valence-corrected chi connectivity index (χ1v) is 5.05. The average Bonchev–Trinajstić information content (AvgIpc) is 2.55. The molecule has 0 radical (unpaired) electrons. The maximum Gasteiger partial charge on any atom is 0.225 e. The first kappa shape index (κ1) is 10.5. The fourth-order valence-electron chi connectivity index (χ4n) is 1.37. The molecule has 1 heterocycles. The largest absolute Gasteiger partial charge is 0.381 e. The van der Waals surface area contributed by atoms with Gasteiger partial charge in [-0.05, 0) is 18.8 Å². The van der Waals surface area contributed by atoms with Crippen molar-refractivity contribution in [1.29, 1.82) is 0 Å². The molecule has 1 atom stereocenters. The van der Waals surface area contributed by atoms with E-state index >= 15 is 0 Å². The highest BCUT2D eigenvalue weighted by Gasteiger charge is 2.22. The summed E-state index contributed by atoms with van der Waals surface area (Å²) in [5.41, 5.74) is 0. The van der Waals surface area contributed by atoms with E-state index in [0.717, 1.165) is 26.0 Å². The van der Waals surface area contributed by atoms with Crippen LogP contribution in [0.2, 0.25) is 0 Å². The lowest BCUT2D eigenvalue weighted by atomic mass is 10.1. The normalized spacial score (nSPS) is 22.2. The molecule has 1 amide bonds. The van der Waals surface area contributed by atoms with Crippen LogP contribution in [0.4, 0.5) is 0 Å². The Morgan fingerprint density at radius 2 is 2.38 bits per heavy atom. The zero-order valence-corrected chi connectivity index (χ0v) is 8.51. The van der Waals surface area contributed by atoms with Gasteiger partial charge in [0.1, 0.15) is 0 Å². The highest BCUT2D eigenvalue weighted by atomic mass is 16.5. The van der Waals surface area contributed by atoms with E-state index < -0.39 is 0 Å². The molecule has 1 unspecified atom stereocenters. The number of ether oxygens (including phenoxy) is 1. The molecule has 0 spiro atoms. The molecular formula is C10H19NO2. The Morgan fingerprint density at radius 1 is 1.62 bits per heavy atom. The van der Waals surface area contributed by atoms with Crippen LogP contribution in [0.1, 0.15) is 26.7 Å². The second kappa shape index (κ2) is 5.22. The van der Waals surface area contributed by atoms with Gasteiger partial charge >= 0.3 is 0 Å². The topological polar surface area (TPSA) is 38.3 Å². The third kappa shape index (κ3) is 3.77. The Labute approximate surface area is 79.8 Å². The quantitative estimate of drug-likeness (QED) is 0.714. The van der Waals surface area contributed by atoms with Gasteiger partial charge in [0, 0.05) is 13.2 Å². The summed E-state index contributed by atoms with van der Waals surface area (Å²) in [5.74, 6) is 0.922. The van der Waals surface area contributed by atoms with Gasteiger partial charge in [0.05, 0.1) is 12.5 Å². The van der Waals surface area contributed by atoms with Crippen LogP contribution < -0.4 is 5.32 Å². The van der Waals surface area contributed by atoms with Crippen molar-refractivity contribution in [3.05, 3.63) is 0 Å². The van der Waals surface area contributed by atoms with Crippen molar-refractivity contribution in [2.24, 2.45) is 11.8 Å². The number of rotatable bonds is 4. The van der Waals surface area contributed by atoms with Crippen molar-refractivity contribution in [3.63, 3.8) is 0 Å². The smallest absolute Gasteiger partial charge is 0.225 e. The SMILES string of the molecule is CC(C)CCNC(=O)C1CCOC1. The predicted molar refractivity (Wildman–Crippen MR) is 51.4 cm³/mol. The molecule has 3 nitrogen and oxygen atoms in total. The van der Waals surface area contributed by atoms with E-state index in [2.05, 4.69) is 19.2 Å². The average molecular weight is 185 g/mol. The summed E-state index contributed by atoms with van der Waals surface area (Å²) in [6.45, 7) is 6.46. The maximum atomic E-state index is 11.4. The molecule has 0 aromatic carbocycles. The molecule has 1 aliphatic rings. The van der Waals surface area contributed by atoms with Gasteiger partial charge in [0.25, 0.3) is 0 Å². The van der Waals surface area contributed by atoms with Crippen LogP contribution in [0.3, 0.4) is 0 Å². The van der Waals surface area contributed by atoms with E-state index in [1.807, 2.05) is 0 Å². The molecule has 1 rings (SSSR count). The minimum Gasteiger partial charge on any atom is -0.381 e. The molecule has 0 saturated carbocycles. The molecule has 0 bridgehead atoms. The molecule has 13 heavy (non-hydrogen) atoms. The highest BCUT2D eigenvalue weighted by Crippen LogP contribution is 2.11. The lowest BCUT2D eigenvalue weighted by Crippen LogP contribution is -2.32. The van der Waals surface area contributed by atoms with Crippen molar-refractivity contribution in [3.8, 4) is 0 Å². The molecular weight excluding hydrogens is 166 g/mol. The van der Waals surface area contributed by atoms with Gasteiger partial charge in [-0.1, -0.05) is 13.8 Å². The van der Waals surface area contributed by atoms with Crippen molar-refractivity contribution < 1.29 is 9.53 Å². The number of hydrogen-bond donors (Lipinski definition) is 1. The first-order valence-electron chi connectivity index (χ1n) is 5.05. The van der Waals surface area contributed by atoms with Crippen LogP contribution in [-0.2, 0) is 9.53 Å². The van der Waals surface area contributed by atoms with Gasteiger partial charge < -0.3 is 10.1 Å². The zero-order valence-electron chi connectivity index (χ0n) is 8.51. The van der Waals surface area contributed by atoms with Gasteiger partial charge in [0.15, 0.2) is 0 Å². The first-order chi connectivity index (χ1) is 6.20. The Hall–Kier alpha value is -0.570. The van der Waals surface area contributed by atoms with Gasteiger partial charge in [-0.3, -0.25) is 4.79 Å². The Morgan fingerprint density at radius 3 is 2.92 bits per heavy atom. The number of nitrogens with one attached hydrogen (secondary N) is 1. The maximum absolute atomic E-state index is 11.4. The fourth-order valence-corrected chi connectivity index (χ4v) is 1.37. The molecule has 0 aromatic heterocycles. The zero-order chi connectivity index (χ0) is 9.68. The van der Waals surface area contributed by atoms with E-state index in [4.69, 9.17) is 4.74 Å². The van der Waals surface area contributed by atoms with Crippen molar-refractivity contribution in [2.45, 2.75) is 26.7 Å². The molecule has 1 N–H and O–H groups in total. The lowest BCUT2D eigenvalue weighted by molar-refractivity contribution is -0.124. The van der Waals surface area contributed by atoms with Crippen LogP contribution in [0.25, 0.3) is 0 Å². The second-order valence-corrected chi connectivity index (χ2v) is 4.03. The van der Waals surface area contributed by atoms with E-state index in [1.165, 1.54) is 0 Å². The molecule has 76 valence electrons. The summed E-state index contributed by atoms with van der Waals surface area (Å²) in [6, 6.07) is 0. The van der Waals surface area contributed by atoms with Gasteiger partial charge in [-0.2, -0.15) is 0 Å². The third-order valence-corrected chi connectivity index (χ3v) is 2.32.